The maximum absolute atomic E-state index is 3.75. The number of hydrogen-bond donors (Lipinski definition) is 1. The predicted molar refractivity (Wildman–Crippen MR) is 79.8 cm³/mol. The first-order valence-corrected chi connectivity index (χ1v) is 8.39. The van der Waals surface area contributed by atoms with Crippen LogP contribution in [0.5, 0.6) is 0 Å². The minimum atomic E-state index is 0.650. The monoisotopic (exact) mass is 251 g/mol. The van der Waals surface area contributed by atoms with Gasteiger partial charge in [-0.1, -0.05) is 52.9 Å². The maximum atomic E-state index is 3.75. The summed E-state index contributed by atoms with van der Waals surface area (Å²) < 4.78 is 0. The van der Waals surface area contributed by atoms with Crippen molar-refractivity contribution in [3.05, 3.63) is 0 Å². The van der Waals surface area contributed by atoms with Gasteiger partial charge < -0.3 is 5.32 Å². The van der Waals surface area contributed by atoms with Gasteiger partial charge in [-0.25, -0.2) is 0 Å². The summed E-state index contributed by atoms with van der Waals surface area (Å²) in [5.74, 6) is 2.13. The highest BCUT2D eigenvalue weighted by Crippen LogP contribution is 2.57. The topological polar surface area (TPSA) is 12.0 Å². The SMILES string of the molecule is CCCCCCC1(CNC(C)C)CC2CCC1C2. The summed E-state index contributed by atoms with van der Waals surface area (Å²) in [6.07, 6.45) is 13.4. The molecule has 2 bridgehead atoms. The molecular weight excluding hydrogens is 218 g/mol. The van der Waals surface area contributed by atoms with Crippen molar-refractivity contribution in [2.75, 3.05) is 6.54 Å². The normalized spacial score (nSPS) is 34.7. The van der Waals surface area contributed by atoms with Gasteiger partial charge in [0.25, 0.3) is 0 Å². The Bertz CT molecular complexity index is 248. The first-order chi connectivity index (χ1) is 8.66. The van der Waals surface area contributed by atoms with Crippen LogP contribution in [0, 0.1) is 17.3 Å². The molecule has 3 atom stereocenters. The Morgan fingerprint density at radius 2 is 2.00 bits per heavy atom. The van der Waals surface area contributed by atoms with Gasteiger partial charge in [-0.15, -0.1) is 0 Å². The molecule has 18 heavy (non-hydrogen) atoms. The van der Waals surface area contributed by atoms with Gasteiger partial charge in [0, 0.05) is 12.6 Å². The summed E-state index contributed by atoms with van der Waals surface area (Å²) in [5.41, 5.74) is 0.681. The Labute approximate surface area is 114 Å². The molecule has 0 radical (unpaired) electrons. The molecule has 1 heteroatoms. The molecule has 2 aliphatic carbocycles. The van der Waals surface area contributed by atoms with Gasteiger partial charge in [-0.3, -0.25) is 0 Å². The smallest absolute Gasteiger partial charge is 0.00129 e. The largest absolute Gasteiger partial charge is 0.314 e. The van der Waals surface area contributed by atoms with E-state index in [2.05, 4.69) is 26.1 Å². The van der Waals surface area contributed by atoms with E-state index in [9.17, 15) is 0 Å². The highest BCUT2D eigenvalue weighted by molar-refractivity contribution is 5.01. The van der Waals surface area contributed by atoms with Crippen LogP contribution in [-0.4, -0.2) is 12.6 Å². The van der Waals surface area contributed by atoms with Gasteiger partial charge in [-0.05, 0) is 42.9 Å². The molecule has 1 N–H and O–H groups in total. The zero-order chi connectivity index (χ0) is 13.0. The summed E-state index contributed by atoms with van der Waals surface area (Å²) in [6.45, 7) is 8.18. The van der Waals surface area contributed by atoms with E-state index in [1.807, 2.05) is 0 Å². The Morgan fingerprint density at radius 1 is 1.17 bits per heavy atom. The Hall–Kier alpha value is -0.0400. The summed E-state index contributed by atoms with van der Waals surface area (Å²) in [7, 11) is 0. The van der Waals surface area contributed by atoms with Crippen molar-refractivity contribution >= 4 is 0 Å². The van der Waals surface area contributed by atoms with Gasteiger partial charge in [0.1, 0.15) is 0 Å². The Morgan fingerprint density at radius 3 is 2.56 bits per heavy atom. The van der Waals surface area contributed by atoms with Crippen LogP contribution in [0.15, 0.2) is 0 Å². The lowest BCUT2D eigenvalue weighted by atomic mass is 9.69. The van der Waals surface area contributed by atoms with Crippen molar-refractivity contribution in [2.45, 2.75) is 84.6 Å². The molecular formula is C17H33N. The second kappa shape index (κ2) is 6.41. The summed E-state index contributed by atoms with van der Waals surface area (Å²) in [6, 6.07) is 0.650. The van der Waals surface area contributed by atoms with Crippen molar-refractivity contribution in [1.29, 1.82) is 0 Å². The van der Waals surface area contributed by atoms with Crippen molar-refractivity contribution in [1.82, 2.24) is 5.32 Å². The lowest BCUT2D eigenvalue weighted by Gasteiger charge is -2.39. The van der Waals surface area contributed by atoms with Crippen LogP contribution in [-0.2, 0) is 0 Å². The molecule has 1 nitrogen and oxygen atoms in total. The van der Waals surface area contributed by atoms with E-state index in [-0.39, 0.29) is 0 Å². The maximum Gasteiger partial charge on any atom is 0.00129 e. The van der Waals surface area contributed by atoms with Gasteiger partial charge in [0.2, 0.25) is 0 Å². The minimum Gasteiger partial charge on any atom is -0.314 e. The zero-order valence-corrected chi connectivity index (χ0v) is 12.8. The highest BCUT2D eigenvalue weighted by Gasteiger charge is 2.49. The number of nitrogens with one attached hydrogen (secondary N) is 1. The summed E-state index contributed by atoms with van der Waals surface area (Å²) in [5, 5.41) is 3.75. The minimum absolute atomic E-state index is 0.650. The van der Waals surface area contributed by atoms with E-state index in [0.717, 1.165) is 11.8 Å². The number of rotatable bonds is 8. The van der Waals surface area contributed by atoms with Crippen molar-refractivity contribution in [3.63, 3.8) is 0 Å². The highest BCUT2D eigenvalue weighted by atomic mass is 14.9. The van der Waals surface area contributed by atoms with Crippen LogP contribution in [0.2, 0.25) is 0 Å². The second-order valence-corrected chi connectivity index (χ2v) is 7.29. The molecule has 0 aromatic rings. The average molecular weight is 251 g/mol. The molecule has 0 aromatic carbocycles. The molecule has 0 aliphatic heterocycles. The fraction of sp³-hybridized carbons (Fsp3) is 1.00. The van der Waals surface area contributed by atoms with E-state index in [4.69, 9.17) is 0 Å². The number of fused-ring (bicyclic) bond motifs is 2. The fourth-order valence-electron chi connectivity index (χ4n) is 4.48. The third-order valence-corrected chi connectivity index (χ3v) is 5.49. The number of hydrogen-bond acceptors (Lipinski definition) is 1. The first kappa shape index (κ1) is 14.4. The van der Waals surface area contributed by atoms with Crippen molar-refractivity contribution in [3.8, 4) is 0 Å². The molecule has 3 unspecified atom stereocenters. The molecule has 0 saturated heterocycles. The summed E-state index contributed by atoms with van der Waals surface area (Å²) >= 11 is 0. The predicted octanol–water partition coefficient (Wildman–Crippen LogP) is 4.76. The van der Waals surface area contributed by atoms with E-state index in [1.165, 1.54) is 57.9 Å². The number of unbranched alkanes of at least 4 members (excludes halogenated alkanes) is 3. The molecule has 0 amide bonds. The quantitative estimate of drug-likeness (QED) is 0.613. The van der Waals surface area contributed by atoms with Gasteiger partial charge in [0.15, 0.2) is 0 Å². The van der Waals surface area contributed by atoms with E-state index >= 15 is 0 Å². The van der Waals surface area contributed by atoms with Crippen molar-refractivity contribution < 1.29 is 0 Å². The van der Waals surface area contributed by atoms with E-state index in [0.29, 0.717) is 11.5 Å². The molecule has 0 spiro atoms. The van der Waals surface area contributed by atoms with Crippen molar-refractivity contribution in [2.24, 2.45) is 17.3 Å². The fourth-order valence-corrected chi connectivity index (χ4v) is 4.48. The van der Waals surface area contributed by atoms with E-state index in [1.54, 1.807) is 6.42 Å². The lowest BCUT2D eigenvalue weighted by Crippen LogP contribution is -2.41. The molecule has 106 valence electrons. The average Bonchev–Trinajstić information content (AvgIpc) is 2.93. The standard InChI is InChI=1S/C17H33N/c1-4-5-6-7-10-17(13-18-14(2)3)12-15-8-9-16(17)11-15/h14-16,18H,4-13H2,1-3H3. The third kappa shape index (κ3) is 3.29. The Kier molecular flexibility index (Phi) is 5.12. The molecule has 0 aromatic heterocycles. The first-order valence-electron chi connectivity index (χ1n) is 8.39. The lowest BCUT2D eigenvalue weighted by molar-refractivity contribution is 0.134. The molecule has 2 aliphatic rings. The summed E-state index contributed by atoms with van der Waals surface area (Å²) in [4.78, 5) is 0. The Balaban J connectivity index is 1.86. The molecule has 2 fully saturated rings. The third-order valence-electron chi connectivity index (χ3n) is 5.49. The zero-order valence-electron chi connectivity index (χ0n) is 12.8. The molecule has 2 rings (SSSR count). The molecule has 0 heterocycles. The van der Waals surface area contributed by atoms with Crippen LogP contribution >= 0.6 is 0 Å². The van der Waals surface area contributed by atoms with Crippen LogP contribution in [0.25, 0.3) is 0 Å². The van der Waals surface area contributed by atoms with Gasteiger partial charge in [0.05, 0.1) is 0 Å². The molecule has 2 saturated carbocycles. The van der Waals surface area contributed by atoms with Crippen LogP contribution in [0.1, 0.15) is 78.6 Å². The second-order valence-electron chi connectivity index (χ2n) is 7.29. The van der Waals surface area contributed by atoms with Gasteiger partial charge in [-0.2, -0.15) is 0 Å². The van der Waals surface area contributed by atoms with Crippen LogP contribution in [0.3, 0.4) is 0 Å². The van der Waals surface area contributed by atoms with E-state index < -0.39 is 0 Å². The van der Waals surface area contributed by atoms with Crippen LogP contribution < -0.4 is 5.32 Å². The van der Waals surface area contributed by atoms with Gasteiger partial charge >= 0.3 is 0 Å². The van der Waals surface area contributed by atoms with Crippen LogP contribution in [0.4, 0.5) is 0 Å².